The Labute approximate surface area is 174 Å². The van der Waals surface area contributed by atoms with Crippen LogP contribution in [0.15, 0.2) is 36.5 Å². The number of halogens is 3. The SMILES string of the molecule is NCc1nc2cc(-c3ccc(C(O)C(CF)NC(=O)C(Cl)Cl)cc3)cnc2s1. The van der Waals surface area contributed by atoms with Crippen LogP contribution >= 0.6 is 34.5 Å². The summed E-state index contributed by atoms with van der Waals surface area (Å²) in [4.78, 5) is 19.9. The number of benzene rings is 1. The van der Waals surface area contributed by atoms with Crippen molar-refractivity contribution in [1.29, 1.82) is 0 Å². The van der Waals surface area contributed by atoms with Gasteiger partial charge in [0.2, 0.25) is 0 Å². The number of hydrogen-bond acceptors (Lipinski definition) is 6. The minimum absolute atomic E-state index is 0.364. The van der Waals surface area contributed by atoms with Gasteiger partial charge in [0.05, 0.1) is 6.04 Å². The van der Waals surface area contributed by atoms with Gasteiger partial charge in [-0.2, -0.15) is 0 Å². The zero-order valence-electron chi connectivity index (χ0n) is 14.5. The number of nitrogens with zero attached hydrogens (tertiary/aromatic N) is 2. The largest absolute Gasteiger partial charge is 0.386 e. The molecule has 0 aliphatic heterocycles. The van der Waals surface area contributed by atoms with E-state index in [9.17, 15) is 14.3 Å². The van der Waals surface area contributed by atoms with Crippen molar-refractivity contribution in [2.24, 2.45) is 5.73 Å². The summed E-state index contributed by atoms with van der Waals surface area (Å²) in [5.41, 5.74) is 8.54. The normalized spacial score (nSPS) is 13.6. The molecule has 6 nitrogen and oxygen atoms in total. The zero-order chi connectivity index (χ0) is 20.3. The number of nitrogens with two attached hydrogens (primary N) is 1. The Morgan fingerprint density at radius 3 is 2.61 bits per heavy atom. The van der Waals surface area contributed by atoms with Crippen LogP contribution in [0, 0.1) is 0 Å². The van der Waals surface area contributed by atoms with Gasteiger partial charge in [0.1, 0.15) is 28.1 Å². The third-order valence-corrected chi connectivity index (χ3v) is 5.52. The topological polar surface area (TPSA) is 101 Å². The summed E-state index contributed by atoms with van der Waals surface area (Å²) in [6, 6.07) is 7.63. The lowest BCUT2D eigenvalue weighted by Gasteiger charge is -2.22. The highest BCUT2D eigenvalue weighted by Gasteiger charge is 2.25. The Bertz CT molecular complexity index is 968. The van der Waals surface area contributed by atoms with E-state index in [1.165, 1.54) is 11.3 Å². The number of fused-ring (bicyclic) bond motifs is 1. The number of aliphatic hydroxyl groups is 1. The second kappa shape index (κ2) is 9.11. The molecule has 28 heavy (non-hydrogen) atoms. The second-order valence-corrected chi connectivity index (χ2v) is 8.16. The first-order valence-corrected chi connectivity index (χ1v) is 10.00. The molecule has 1 aromatic carbocycles. The molecule has 3 aromatic rings. The van der Waals surface area contributed by atoms with E-state index in [1.54, 1.807) is 30.5 Å². The predicted octanol–water partition coefficient (Wildman–Crippen LogP) is 3.11. The summed E-state index contributed by atoms with van der Waals surface area (Å²) in [6.07, 6.45) is 0.485. The van der Waals surface area contributed by atoms with E-state index in [0.717, 1.165) is 26.5 Å². The Morgan fingerprint density at radius 1 is 1.29 bits per heavy atom. The Hall–Kier alpha value is -1.84. The molecule has 3 rings (SSSR count). The van der Waals surface area contributed by atoms with E-state index in [2.05, 4.69) is 15.3 Å². The first-order valence-electron chi connectivity index (χ1n) is 8.31. The van der Waals surface area contributed by atoms with Crippen LogP contribution in [0.25, 0.3) is 21.5 Å². The molecule has 2 atom stereocenters. The molecule has 1 amide bonds. The van der Waals surface area contributed by atoms with Crippen LogP contribution in [0.2, 0.25) is 0 Å². The van der Waals surface area contributed by atoms with E-state index in [4.69, 9.17) is 28.9 Å². The minimum atomic E-state index is -1.34. The fraction of sp³-hybridized carbons (Fsp3) is 0.278. The lowest BCUT2D eigenvalue weighted by Crippen LogP contribution is -2.43. The molecule has 10 heteroatoms. The van der Waals surface area contributed by atoms with Crippen LogP contribution in [0.3, 0.4) is 0 Å². The van der Waals surface area contributed by atoms with E-state index in [-0.39, 0.29) is 0 Å². The van der Waals surface area contributed by atoms with Gasteiger partial charge in [0.15, 0.2) is 4.84 Å². The van der Waals surface area contributed by atoms with Gasteiger partial charge in [0.25, 0.3) is 5.91 Å². The van der Waals surface area contributed by atoms with Gasteiger partial charge in [-0.1, -0.05) is 58.8 Å². The van der Waals surface area contributed by atoms with Crippen molar-refractivity contribution < 1.29 is 14.3 Å². The van der Waals surface area contributed by atoms with Crippen LogP contribution in [-0.4, -0.2) is 38.5 Å². The second-order valence-electron chi connectivity index (χ2n) is 6.00. The fourth-order valence-corrected chi connectivity index (χ4v) is 3.56. The molecule has 0 saturated heterocycles. The first-order chi connectivity index (χ1) is 13.4. The van der Waals surface area contributed by atoms with E-state index >= 15 is 0 Å². The number of nitrogens with one attached hydrogen (secondary N) is 1. The summed E-state index contributed by atoms with van der Waals surface area (Å²) in [5, 5.41) is 13.5. The maximum Gasteiger partial charge on any atom is 0.253 e. The summed E-state index contributed by atoms with van der Waals surface area (Å²) in [7, 11) is 0. The molecule has 2 aromatic heterocycles. The molecule has 2 heterocycles. The van der Waals surface area contributed by atoms with E-state index in [0.29, 0.717) is 12.1 Å². The van der Waals surface area contributed by atoms with Crippen LogP contribution in [0.4, 0.5) is 4.39 Å². The van der Waals surface area contributed by atoms with Crippen molar-refractivity contribution in [3.8, 4) is 11.1 Å². The molecule has 0 aliphatic rings. The number of alkyl halides is 3. The maximum atomic E-state index is 13.3. The van der Waals surface area contributed by atoms with Gasteiger partial charge in [-0.05, 0) is 17.2 Å². The van der Waals surface area contributed by atoms with Gasteiger partial charge in [-0.15, -0.1) is 0 Å². The zero-order valence-corrected chi connectivity index (χ0v) is 16.8. The van der Waals surface area contributed by atoms with E-state index in [1.807, 2.05) is 6.07 Å². The highest BCUT2D eigenvalue weighted by Crippen LogP contribution is 2.27. The number of amides is 1. The molecule has 4 N–H and O–H groups in total. The van der Waals surface area contributed by atoms with Crippen LogP contribution in [0.1, 0.15) is 16.7 Å². The molecule has 2 unspecified atom stereocenters. The molecular formula is C18H17Cl2FN4O2S. The van der Waals surface area contributed by atoms with Crippen molar-refractivity contribution in [3.05, 3.63) is 47.1 Å². The predicted molar refractivity (Wildman–Crippen MR) is 109 cm³/mol. The fourth-order valence-electron chi connectivity index (χ4n) is 2.67. The maximum absolute atomic E-state index is 13.3. The summed E-state index contributed by atoms with van der Waals surface area (Å²) < 4.78 is 13.3. The van der Waals surface area contributed by atoms with Gasteiger partial charge >= 0.3 is 0 Å². The van der Waals surface area contributed by atoms with Gasteiger partial charge < -0.3 is 16.2 Å². The lowest BCUT2D eigenvalue weighted by atomic mass is 9.99. The number of aliphatic hydroxyl groups excluding tert-OH is 1. The summed E-state index contributed by atoms with van der Waals surface area (Å²) in [5.74, 6) is -0.763. The monoisotopic (exact) mass is 442 g/mol. The molecule has 0 saturated carbocycles. The number of aromatic nitrogens is 2. The molecule has 0 spiro atoms. The molecule has 0 bridgehead atoms. The first kappa shape index (κ1) is 20.9. The van der Waals surface area contributed by atoms with Crippen molar-refractivity contribution in [2.75, 3.05) is 6.67 Å². The Balaban J connectivity index is 1.79. The highest BCUT2D eigenvalue weighted by atomic mass is 35.5. The Morgan fingerprint density at radius 2 is 2.00 bits per heavy atom. The van der Waals surface area contributed by atoms with Crippen molar-refractivity contribution in [2.45, 2.75) is 23.5 Å². The number of carbonyl (C=O) groups excluding carboxylic acids is 1. The lowest BCUT2D eigenvalue weighted by molar-refractivity contribution is -0.121. The molecule has 148 valence electrons. The van der Waals surface area contributed by atoms with Gasteiger partial charge in [-0.3, -0.25) is 4.79 Å². The number of carbonyl (C=O) groups is 1. The van der Waals surface area contributed by atoms with Crippen molar-refractivity contribution in [3.63, 3.8) is 0 Å². The quantitative estimate of drug-likeness (QED) is 0.488. The van der Waals surface area contributed by atoms with Gasteiger partial charge in [0, 0.05) is 18.3 Å². The summed E-state index contributed by atoms with van der Waals surface area (Å²) >= 11 is 12.4. The number of thiazole rings is 1. The number of pyridine rings is 1. The van der Waals surface area contributed by atoms with Crippen LogP contribution in [-0.2, 0) is 11.3 Å². The molecule has 0 fully saturated rings. The van der Waals surface area contributed by atoms with Gasteiger partial charge in [-0.25, -0.2) is 14.4 Å². The van der Waals surface area contributed by atoms with Crippen molar-refractivity contribution in [1.82, 2.24) is 15.3 Å². The van der Waals surface area contributed by atoms with Crippen LogP contribution < -0.4 is 11.1 Å². The standard InChI is InChI=1S/C18H17Cl2FN4O2S/c19-16(20)17(27)25-13(6-21)15(26)10-3-1-9(2-4-10)11-5-12-18(23-8-11)28-14(7-22)24-12/h1-5,8,13,15-16,26H,6-7,22H2,(H,25,27). The number of rotatable bonds is 7. The van der Waals surface area contributed by atoms with E-state index < -0.39 is 29.6 Å². The van der Waals surface area contributed by atoms with Crippen LogP contribution in [0.5, 0.6) is 0 Å². The average Bonchev–Trinajstić information content (AvgIpc) is 3.13. The molecule has 0 aliphatic carbocycles. The molecular weight excluding hydrogens is 426 g/mol. The average molecular weight is 443 g/mol. The molecule has 0 radical (unpaired) electrons. The van der Waals surface area contributed by atoms with Crippen molar-refractivity contribution >= 4 is 50.8 Å². The Kier molecular flexibility index (Phi) is 6.79. The highest BCUT2D eigenvalue weighted by molar-refractivity contribution is 7.18. The smallest absolute Gasteiger partial charge is 0.253 e. The summed E-state index contributed by atoms with van der Waals surface area (Å²) in [6.45, 7) is -0.605. The minimum Gasteiger partial charge on any atom is -0.386 e. The number of hydrogen-bond donors (Lipinski definition) is 3. The third kappa shape index (κ3) is 4.59. The third-order valence-electron chi connectivity index (χ3n) is 4.13.